The molecular formula is C13H23N3S. The van der Waals surface area contributed by atoms with Crippen LogP contribution in [0.5, 0.6) is 0 Å². The quantitative estimate of drug-likeness (QED) is 0.874. The minimum Gasteiger partial charge on any atom is -0.351 e. The van der Waals surface area contributed by atoms with Gasteiger partial charge >= 0.3 is 0 Å². The third kappa shape index (κ3) is 2.80. The van der Waals surface area contributed by atoms with Crippen molar-refractivity contribution in [3.8, 4) is 0 Å². The maximum absolute atomic E-state index is 4.78. The summed E-state index contributed by atoms with van der Waals surface area (Å²) in [5.74, 6) is 0. The Kier molecular flexibility index (Phi) is 4.40. The van der Waals surface area contributed by atoms with Crippen LogP contribution in [0.2, 0.25) is 0 Å². The summed E-state index contributed by atoms with van der Waals surface area (Å²) in [7, 11) is 2.12. The van der Waals surface area contributed by atoms with Crippen LogP contribution in [0.15, 0.2) is 0 Å². The van der Waals surface area contributed by atoms with Crippen LogP contribution in [0, 0.1) is 0 Å². The van der Waals surface area contributed by atoms with Crippen molar-refractivity contribution in [1.29, 1.82) is 0 Å². The molecule has 0 radical (unpaired) electrons. The Labute approximate surface area is 108 Å². The van der Waals surface area contributed by atoms with Crippen LogP contribution in [0.25, 0.3) is 0 Å². The number of nitrogens with zero attached hydrogens (tertiary/aromatic N) is 2. The molecule has 1 atom stereocenters. The molecule has 0 aromatic carbocycles. The zero-order chi connectivity index (χ0) is 12.3. The number of fused-ring (bicyclic) bond motifs is 1. The number of rotatable bonds is 5. The van der Waals surface area contributed by atoms with Gasteiger partial charge in [0.15, 0.2) is 5.13 Å². The maximum atomic E-state index is 4.78. The number of thiazole rings is 1. The van der Waals surface area contributed by atoms with E-state index in [2.05, 4.69) is 31.1 Å². The van der Waals surface area contributed by atoms with E-state index in [1.165, 1.54) is 35.0 Å². The molecule has 0 amide bonds. The molecule has 0 bridgehead atoms. The van der Waals surface area contributed by atoms with E-state index in [1.54, 1.807) is 0 Å². The third-order valence-corrected chi connectivity index (χ3v) is 4.71. The highest BCUT2D eigenvalue weighted by molar-refractivity contribution is 7.15. The number of aromatic nitrogens is 1. The van der Waals surface area contributed by atoms with Crippen molar-refractivity contribution in [2.75, 3.05) is 25.0 Å². The predicted molar refractivity (Wildman–Crippen MR) is 75.0 cm³/mol. The number of aryl methyl sites for hydroxylation is 1. The average Bonchev–Trinajstić information content (AvgIpc) is 2.79. The van der Waals surface area contributed by atoms with Gasteiger partial charge < -0.3 is 10.2 Å². The molecule has 0 saturated carbocycles. The predicted octanol–water partition coefficient (Wildman–Crippen LogP) is 2.98. The Hall–Kier alpha value is -0.610. The van der Waals surface area contributed by atoms with Crippen LogP contribution < -0.4 is 10.2 Å². The number of anilines is 1. The molecule has 0 saturated heterocycles. The van der Waals surface area contributed by atoms with Crippen LogP contribution in [-0.2, 0) is 6.42 Å². The summed E-state index contributed by atoms with van der Waals surface area (Å²) in [6, 6.07) is 0.551. The van der Waals surface area contributed by atoms with Crippen molar-refractivity contribution in [2.24, 2.45) is 0 Å². The van der Waals surface area contributed by atoms with Crippen LogP contribution >= 0.6 is 11.3 Å². The molecule has 0 aliphatic heterocycles. The first kappa shape index (κ1) is 12.8. The first-order chi connectivity index (χ1) is 8.26. The molecule has 0 spiro atoms. The summed E-state index contributed by atoms with van der Waals surface area (Å²) in [6.07, 6.45) is 4.90. The minimum atomic E-state index is 0.551. The largest absolute Gasteiger partial charge is 0.351 e. The van der Waals surface area contributed by atoms with Crippen molar-refractivity contribution in [2.45, 2.75) is 45.6 Å². The average molecular weight is 253 g/mol. The summed E-state index contributed by atoms with van der Waals surface area (Å²) in [5, 5.41) is 4.83. The summed E-state index contributed by atoms with van der Waals surface area (Å²) in [4.78, 5) is 8.51. The maximum Gasteiger partial charge on any atom is 0.185 e. The lowest BCUT2D eigenvalue weighted by molar-refractivity contribution is 0.464. The molecule has 1 heterocycles. The van der Waals surface area contributed by atoms with E-state index in [-0.39, 0.29) is 0 Å². The molecule has 4 heteroatoms. The van der Waals surface area contributed by atoms with E-state index in [0.29, 0.717) is 6.04 Å². The van der Waals surface area contributed by atoms with Gasteiger partial charge in [-0.15, -0.1) is 0 Å². The molecule has 17 heavy (non-hydrogen) atoms. The molecule has 1 aliphatic carbocycles. The van der Waals surface area contributed by atoms with E-state index >= 15 is 0 Å². The smallest absolute Gasteiger partial charge is 0.185 e. The monoisotopic (exact) mass is 253 g/mol. The van der Waals surface area contributed by atoms with Gasteiger partial charge in [0.25, 0.3) is 0 Å². The molecule has 3 nitrogen and oxygen atoms in total. The lowest BCUT2D eigenvalue weighted by Crippen LogP contribution is -2.24. The fourth-order valence-electron chi connectivity index (χ4n) is 2.22. The highest BCUT2D eigenvalue weighted by Crippen LogP contribution is 2.37. The second-order valence-electron chi connectivity index (χ2n) is 4.72. The molecule has 1 aromatic rings. The van der Waals surface area contributed by atoms with Crippen molar-refractivity contribution in [3.05, 3.63) is 10.6 Å². The van der Waals surface area contributed by atoms with Crippen molar-refractivity contribution in [3.63, 3.8) is 0 Å². The van der Waals surface area contributed by atoms with E-state index in [1.807, 2.05) is 11.3 Å². The zero-order valence-corrected chi connectivity index (χ0v) is 11.9. The molecular weight excluding hydrogens is 230 g/mol. The normalized spacial score (nSPS) is 19.1. The first-order valence-electron chi connectivity index (χ1n) is 6.70. The molecule has 96 valence electrons. The van der Waals surface area contributed by atoms with Crippen molar-refractivity contribution < 1.29 is 0 Å². The van der Waals surface area contributed by atoms with E-state index in [4.69, 9.17) is 4.98 Å². The summed E-state index contributed by atoms with van der Waals surface area (Å²) in [6.45, 7) is 6.54. The Balaban J connectivity index is 2.16. The molecule has 1 N–H and O–H groups in total. The Morgan fingerprint density at radius 2 is 2.29 bits per heavy atom. The van der Waals surface area contributed by atoms with E-state index in [0.717, 1.165) is 19.5 Å². The second kappa shape index (κ2) is 5.83. The Bertz CT molecular complexity index is 362. The van der Waals surface area contributed by atoms with E-state index in [9.17, 15) is 0 Å². The molecule has 1 aliphatic rings. The summed E-state index contributed by atoms with van der Waals surface area (Å²) < 4.78 is 0. The van der Waals surface area contributed by atoms with Gasteiger partial charge in [0.05, 0.1) is 5.69 Å². The fourth-order valence-corrected chi connectivity index (χ4v) is 3.46. The number of nitrogens with one attached hydrogen (secondary N) is 1. The van der Waals surface area contributed by atoms with Crippen LogP contribution in [0.3, 0.4) is 0 Å². The standard InChI is InChI=1S/C13H23N3S/c1-4-9-14-10-7-6-8-11-12(10)17-13(15-11)16(3)5-2/h10,14H,4-9H2,1-3H3. The highest BCUT2D eigenvalue weighted by Gasteiger charge is 2.24. The fraction of sp³-hybridized carbons (Fsp3) is 0.769. The lowest BCUT2D eigenvalue weighted by Gasteiger charge is -2.22. The highest BCUT2D eigenvalue weighted by atomic mass is 32.1. The SMILES string of the molecule is CCCNC1CCCc2nc(N(C)CC)sc21. The van der Waals surface area contributed by atoms with Crippen LogP contribution in [0.4, 0.5) is 5.13 Å². The van der Waals surface area contributed by atoms with Crippen molar-refractivity contribution in [1.82, 2.24) is 10.3 Å². The van der Waals surface area contributed by atoms with Gasteiger partial charge in [0, 0.05) is 24.5 Å². The second-order valence-corrected chi connectivity index (χ2v) is 5.73. The van der Waals surface area contributed by atoms with Gasteiger partial charge in [-0.3, -0.25) is 0 Å². The van der Waals surface area contributed by atoms with Gasteiger partial charge in [0.1, 0.15) is 0 Å². The third-order valence-electron chi connectivity index (χ3n) is 3.38. The zero-order valence-electron chi connectivity index (χ0n) is 11.1. The van der Waals surface area contributed by atoms with E-state index < -0.39 is 0 Å². The summed E-state index contributed by atoms with van der Waals surface area (Å²) in [5.41, 5.74) is 1.34. The minimum absolute atomic E-state index is 0.551. The van der Waals surface area contributed by atoms with Crippen LogP contribution in [-0.4, -0.2) is 25.1 Å². The van der Waals surface area contributed by atoms with Crippen molar-refractivity contribution >= 4 is 16.5 Å². The molecule has 1 aromatic heterocycles. The lowest BCUT2D eigenvalue weighted by atomic mass is 9.98. The van der Waals surface area contributed by atoms with Gasteiger partial charge in [-0.05, 0) is 39.2 Å². The van der Waals surface area contributed by atoms with Gasteiger partial charge in [-0.1, -0.05) is 18.3 Å². The topological polar surface area (TPSA) is 28.2 Å². The summed E-state index contributed by atoms with van der Waals surface area (Å²) >= 11 is 1.88. The van der Waals surface area contributed by atoms with Gasteiger partial charge in [-0.2, -0.15) is 0 Å². The number of hydrogen-bond donors (Lipinski definition) is 1. The van der Waals surface area contributed by atoms with Crippen LogP contribution in [0.1, 0.15) is 49.7 Å². The number of hydrogen-bond acceptors (Lipinski definition) is 4. The van der Waals surface area contributed by atoms with Gasteiger partial charge in [0.2, 0.25) is 0 Å². The van der Waals surface area contributed by atoms with Gasteiger partial charge in [-0.25, -0.2) is 4.98 Å². The molecule has 0 fully saturated rings. The Morgan fingerprint density at radius 3 is 3.00 bits per heavy atom. The molecule has 2 rings (SSSR count). The Morgan fingerprint density at radius 1 is 1.47 bits per heavy atom. The first-order valence-corrected chi connectivity index (χ1v) is 7.52. The molecule has 1 unspecified atom stereocenters.